The second-order valence-corrected chi connectivity index (χ2v) is 4.63. The van der Waals surface area contributed by atoms with E-state index in [1.807, 2.05) is 13.8 Å². The molecule has 1 aliphatic rings. The van der Waals surface area contributed by atoms with Gasteiger partial charge < -0.3 is 20.3 Å². The number of amides is 2. The average molecular weight is 271 g/mol. The highest BCUT2D eigenvalue weighted by Crippen LogP contribution is 2.10. The fourth-order valence-corrected chi connectivity index (χ4v) is 2.06. The lowest BCUT2D eigenvalue weighted by Gasteiger charge is -2.21. The van der Waals surface area contributed by atoms with Gasteiger partial charge in [0.05, 0.1) is 19.2 Å². The van der Waals surface area contributed by atoms with Crippen LogP contribution in [0, 0.1) is 0 Å². The zero-order valence-corrected chi connectivity index (χ0v) is 11.9. The van der Waals surface area contributed by atoms with Crippen LogP contribution in [-0.2, 0) is 14.3 Å². The van der Waals surface area contributed by atoms with Crippen LogP contribution < -0.4 is 10.6 Å². The molecule has 1 atom stereocenters. The summed E-state index contributed by atoms with van der Waals surface area (Å²) < 4.78 is 5.47. The molecule has 0 aromatic heterocycles. The second kappa shape index (κ2) is 8.87. The number of rotatable bonds is 8. The molecular weight excluding hydrogens is 246 g/mol. The van der Waals surface area contributed by atoms with Crippen LogP contribution in [0.5, 0.6) is 0 Å². The fourth-order valence-electron chi connectivity index (χ4n) is 2.06. The number of likely N-dealkylation sites (N-methyl/N-ethyl adjacent to an activating group) is 2. The standard InChI is InChI=1S/C13H25N3O3/c1-3-15-12(17)10-16(4-2)13(18)9-14-8-11-6-5-7-19-11/h11,14H,3-10H2,1-2H3,(H,15,17). The fraction of sp³-hybridized carbons (Fsp3) is 0.846. The number of nitrogens with one attached hydrogen (secondary N) is 2. The minimum Gasteiger partial charge on any atom is -0.377 e. The number of hydrogen-bond donors (Lipinski definition) is 2. The van der Waals surface area contributed by atoms with E-state index in [1.54, 1.807) is 4.90 Å². The van der Waals surface area contributed by atoms with Crippen molar-refractivity contribution in [1.29, 1.82) is 0 Å². The van der Waals surface area contributed by atoms with E-state index in [4.69, 9.17) is 4.74 Å². The summed E-state index contributed by atoms with van der Waals surface area (Å²) in [5, 5.41) is 5.79. The Bertz CT molecular complexity index is 291. The summed E-state index contributed by atoms with van der Waals surface area (Å²) in [6.45, 7) is 6.76. The van der Waals surface area contributed by atoms with Crippen molar-refractivity contribution in [3.63, 3.8) is 0 Å². The number of carbonyl (C=O) groups excluding carboxylic acids is 2. The van der Waals surface area contributed by atoms with E-state index >= 15 is 0 Å². The molecule has 2 N–H and O–H groups in total. The van der Waals surface area contributed by atoms with Crippen LogP contribution in [0.1, 0.15) is 26.7 Å². The smallest absolute Gasteiger partial charge is 0.239 e. The normalized spacial score (nSPS) is 18.3. The summed E-state index contributed by atoms with van der Waals surface area (Å²) in [6.07, 6.45) is 2.38. The molecule has 0 bridgehead atoms. The van der Waals surface area contributed by atoms with Gasteiger partial charge in [0.15, 0.2) is 0 Å². The third-order valence-corrected chi connectivity index (χ3v) is 3.12. The zero-order valence-electron chi connectivity index (χ0n) is 11.9. The topological polar surface area (TPSA) is 70.7 Å². The Morgan fingerprint density at radius 2 is 2.16 bits per heavy atom. The van der Waals surface area contributed by atoms with E-state index in [9.17, 15) is 9.59 Å². The maximum Gasteiger partial charge on any atom is 0.239 e. The van der Waals surface area contributed by atoms with Crippen molar-refractivity contribution < 1.29 is 14.3 Å². The van der Waals surface area contributed by atoms with E-state index in [0.29, 0.717) is 19.6 Å². The summed E-state index contributed by atoms with van der Waals surface area (Å²) in [6, 6.07) is 0. The Morgan fingerprint density at radius 3 is 2.74 bits per heavy atom. The Labute approximate surface area is 114 Å². The van der Waals surface area contributed by atoms with Crippen molar-refractivity contribution in [2.24, 2.45) is 0 Å². The van der Waals surface area contributed by atoms with Gasteiger partial charge in [-0.1, -0.05) is 0 Å². The molecule has 19 heavy (non-hydrogen) atoms. The van der Waals surface area contributed by atoms with Crippen molar-refractivity contribution in [3.8, 4) is 0 Å². The highest BCUT2D eigenvalue weighted by molar-refractivity contribution is 5.85. The van der Waals surface area contributed by atoms with E-state index in [-0.39, 0.29) is 31.0 Å². The first kappa shape index (κ1) is 15.9. The Hall–Kier alpha value is -1.14. The van der Waals surface area contributed by atoms with Gasteiger partial charge in [-0.3, -0.25) is 9.59 Å². The summed E-state index contributed by atoms with van der Waals surface area (Å²) in [5.41, 5.74) is 0. The number of ether oxygens (including phenoxy) is 1. The molecule has 0 spiro atoms. The van der Waals surface area contributed by atoms with Crippen molar-refractivity contribution >= 4 is 11.8 Å². The monoisotopic (exact) mass is 271 g/mol. The van der Waals surface area contributed by atoms with E-state index < -0.39 is 0 Å². The Morgan fingerprint density at radius 1 is 1.37 bits per heavy atom. The van der Waals surface area contributed by atoms with Crippen LogP contribution in [0.15, 0.2) is 0 Å². The van der Waals surface area contributed by atoms with E-state index in [0.717, 1.165) is 19.4 Å². The summed E-state index contributed by atoms with van der Waals surface area (Å²) in [7, 11) is 0. The average Bonchev–Trinajstić information content (AvgIpc) is 2.89. The SMILES string of the molecule is CCNC(=O)CN(CC)C(=O)CNCC1CCCO1. The molecule has 1 aliphatic heterocycles. The van der Waals surface area contributed by atoms with Crippen LogP contribution in [0.4, 0.5) is 0 Å². The minimum atomic E-state index is -0.114. The first-order valence-corrected chi connectivity index (χ1v) is 7.04. The van der Waals surface area contributed by atoms with Gasteiger partial charge in [-0.25, -0.2) is 0 Å². The minimum absolute atomic E-state index is 0.0493. The van der Waals surface area contributed by atoms with E-state index in [2.05, 4.69) is 10.6 Å². The molecule has 0 radical (unpaired) electrons. The number of carbonyl (C=O) groups is 2. The van der Waals surface area contributed by atoms with Gasteiger partial charge in [-0.05, 0) is 26.7 Å². The van der Waals surface area contributed by atoms with Crippen LogP contribution >= 0.6 is 0 Å². The van der Waals surface area contributed by atoms with Crippen LogP contribution in [0.3, 0.4) is 0 Å². The number of nitrogens with zero attached hydrogens (tertiary/aromatic N) is 1. The predicted molar refractivity (Wildman–Crippen MR) is 72.8 cm³/mol. The lowest BCUT2D eigenvalue weighted by molar-refractivity contribution is -0.135. The zero-order chi connectivity index (χ0) is 14.1. The van der Waals surface area contributed by atoms with Gasteiger partial charge in [0.25, 0.3) is 0 Å². The van der Waals surface area contributed by atoms with Gasteiger partial charge in [0.1, 0.15) is 0 Å². The van der Waals surface area contributed by atoms with Gasteiger partial charge in [-0.2, -0.15) is 0 Å². The predicted octanol–water partition coefficient (Wildman–Crippen LogP) is -0.260. The number of hydrogen-bond acceptors (Lipinski definition) is 4. The van der Waals surface area contributed by atoms with Gasteiger partial charge in [0.2, 0.25) is 11.8 Å². The van der Waals surface area contributed by atoms with Crippen LogP contribution in [0.2, 0.25) is 0 Å². The molecule has 1 heterocycles. The van der Waals surface area contributed by atoms with Crippen molar-refractivity contribution in [2.45, 2.75) is 32.8 Å². The largest absolute Gasteiger partial charge is 0.377 e. The van der Waals surface area contributed by atoms with Gasteiger partial charge in [0, 0.05) is 26.2 Å². The summed E-state index contributed by atoms with van der Waals surface area (Å²) in [4.78, 5) is 24.9. The van der Waals surface area contributed by atoms with Crippen LogP contribution in [-0.4, -0.2) is 62.1 Å². The molecule has 0 saturated carbocycles. The first-order chi connectivity index (χ1) is 9.17. The molecule has 1 saturated heterocycles. The third kappa shape index (κ3) is 6.02. The maximum absolute atomic E-state index is 11.9. The molecule has 0 aliphatic carbocycles. The second-order valence-electron chi connectivity index (χ2n) is 4.63. The van der Waals surface area contributed by atoms with Crippen LogP contribution in [0.25, 0.3) is 0 Å². The molecule has 6 heteroatoms. The molecular formula is C13H25N3O3. The quantitative estimate of drug-likeness (QED) is 0.638. The molecule has 1 unspecified atom stereocenters. The first-order valence-electron chi connectivity index (χ1n) is 7.04. The van der Waals surface area contributed by atoms with Crippen molar-refractivity contribution in [3.05, 3.63) is 0 Å². The molecule has 110 valence electrons. The molecule has 0 aromatic carbocycles. The van der Waals surface area contributed by atoms with Crippen molar-refractivity contribution in [2.75, 3.05) is 39.3 Å². The molecule has 6 nitrogen and oxygen atoms in total. The lowest BCUT2D eigenvalue weighted by Crippen LogP contribution is -2.44. The summed E-state index contributed by atoms with van der Waals surface area (Å²) >= 11 is 0. The maximum atomic E-state index is 11.9. The molecule has 1 fully saturated rings. The Kier molecular flexibility index (Phi) is 7.43. The molecule has 2 amide bonds. The van der Waals surface area contributed by atoms with E-state index in [1.165, 1.54) is 0 Å². The molecule has 1 rings (SSSR count). The summed E-state index contributed by atoms with van der Waals surface area (Å²) in [5.74, 6) is -0.163. The van der Waals surface area contributed by atoms with Gasteiger partial charge >= 0.3 is 0 Å². The molecule has 0 aromatic rings. The highest BCUT2D eigenvalue weighted by atomic mass is 16.5. The lowest BCUT2D eigenvalue weighted by atomic mass is 10.2. The van der Waals surface area contributed by atoms with Crippen molar-refractivity contribution in [1.82, 2.24) is 15.5 Å². The Balaban J connectivity index is 2.22. The highest BCUT2D eigenvalue weighted by Gasteiger charge is 2.17. The van der Waals surface area contributed by atoms with Gasteiger partial charge in [-0.15, -0.1) is 0 Å². The third-order valence-electron chi connectivity index (χ3n) is 3.12.